The summed E-state index contributed by atoms with van der Waals surface area (Å²) in [6.07, 6.45) is 1.02. The van der Waals surface area contributed by atoms with Gasteiger partial charge in [-0.3, -0.25) is 9.69 Å². The fourth-order valence-corrected chi connectivity index (χ4v) is 3.46. The van der Waals surface area contributed by atoms with E-state index in [1.165, 1.54) is 6.07 Å². The van der Waals surface area contributed by atoms with E-state index in [9.17, 15) is 9.18 Å². The van der Waals surface area contributed by atoms with Gasteiger partial charge in [-0.1, -0.05) is 0 Å². The van der Waals surface area contributed by atoms with Gasteiger partial charge in [0.1, 0.15) is 5.82 Å². The molecule has 0 bridgehead atoms. The minimum absolute atomic E-state index is 0. The van der Waals surface area contributed by atoms with E-state index in [-0.39, 0.29) is 24.1 Å². The van der Waals surface area contributed by atoms with Crippen molar-refractivity contribution in [3.8, 4) is 0 Å². The van der Waals surface area contributed by atoms with Gasteiger partial charge in [-0.05, 0) is 40.5 Å². The number of rotatable bonds is 2. The van der Waals surface area contributed by atoms with Gasteiger partial charge >= 0.3 is 0 Å². The van der Waals surface area contributed by atoms with E-state index in [1.54, 1.807) is 12.1 Å². The zero-order valence-electron chi connectivity index (χ0n) is 12.2. The maximum Gasteiger partial charge on any atom is 0.253 e. The van der Waals surface area contributed by atoms with Crippen LogP contribution in [0.15, 0.2) is 22.7 Å². The monoisotopic (exact) mass is 391 g/mol. The van der Waals surface area contributed by atoms with Gasteiger partial charge in [0.25, 0.3) is 5.91 Å². The topological polar surface area (TPSA) is 35.6 Å². The average molecular weight is 393 g/mol. The molecule has 0 aliphatic carbocycles. The first kappa shape index (κ1) is 17.7. The number of halogens is 3. The van der Waals surface area contributed by atoms with Crippen LogP contribution >= 0.6 is 28.3 Å². The van der Waals surface area contributed by atoms with Crippen molar-refractivity contribution in [2.45, 2.75) is 12.5 Å². The van der Waals surface area contributed by atoms with Crippen molar-refractivity contribution < 1.29 is 9.18 Å². The molecule has 4 nitrogen and oxygen atoms in total. The Labute approximate surface area is 144 Å². The number of hydrogen-bond acceptors (Lipinski definition) is 3. The molecular weight excluding hydrogens is 373 g/mol. The number of amides is 1. The van der Waals surface area contributed by atoms with Crippen LogP contribution in [0.3, 0.4) is 0 Å². The molecule has 122 valence electrons. The molecule has 7 heteroatoms. The third kappa shape index (κ3) is 3.79. The zero-order valence-corrected chi connectivity index (χ0v) is 14.6. The summed E-state index contributed by atoms with van der Waals surface area (Å²) in [7, 11) is 0. The smallest absolute Gasteiger partial charge is 0.253 e. The summed E-state index contributed by atoms with van der Waals surface area (Å²) in [4.78, 5) is 16.8. The Morgan fingerprint density at radius 3 is 2.68 bits per heavy atom. The first-order valence-corrected chi connectivity index (χ1v) is 8.13. The molecule has 0 spiro atoms. The van der Waals surface area contributed by atoms with Crippen LogP contribution in [0.1, 0.15) is 16.8 Å². The summed E-state index contributed by atoms with van der Waals surface area (Å²) in [6, 6.07) is 4.91. The summed E-state index contributed by atoms with van der Waals surface area (Å²) in [5.74, 6) is -0.347. The summed E-state index contributed by atoms with van der Waals surface area (Å²) < 4.78 is 13.6. The summed E-state index contributed by atoms with van der Waals surface area (Å²) in [6.45, 7) is 5.70. The van der Waals surface area contributed by atoms with E-state index >= 15 is 0 Å². The van der Waals surface area contributed by atoms with Crippen molar-refractivity contribution in [3.63, 3.8) is 0 Å². The van der Waals surface area contributed by atoms with Crippen LogP contribution in [-0.2, 0) is 0 Å². The van der Waals surface area contributed by atoms with Crippen molar-refractivity contribution in [2.75, 3.05) is 39.3 Å². The number of nitrogens with zero attached hydrogens (tertiary/aromatic N) is 2. The molecule has 2 heterocycles. The Hall–Kier alpha value is -0.690. The Bertz CT molecular complexity index is 540. The van der Waals surface area contributed by atoms with E-state index < -0.39 is 0 Å². The maximum absolute atomic E-state index is 13.3. The van der Waals surface area contributed by atoms with E-state index in [2.05, 4.69) is 26.1 Å². The molecule has 2 saturated heterocycles. The Morgan fingerprint density at radius 2 is 2.00 bits per heavy atom. The van der Waals surface area contributed by atoms with Gasteiger partial charge < -0.3 is 10.2 Å². The van der Waals surface area contributed by atoms with Crippen LogP contribution in [0, 0.1) is 5.82 Å². The number of nitrogens with one attached hydrogen (secondary N) is 1. The number of benzene rings is 1. The van der Waals surface area contributed by atoms with Crippen molar-refractivity contribution in [1.82, 2.24) is 15.1 Å². The van der Waals surface area contributed by atoms with Gasteiger partial charge in [0.2, 0.25) is 0 Å². The largest absolute Gasteiger partial charge is 0.337 e. The second-order valence-corrected chi connectivity index (χ2v) is 6.46. The van der Waals surface area contributed by atoms with Crippen LogP contribution in [-0.4, -0.2) is 61.0 Å². The molecule has 1 aromatic rings. The first-order chi connectivity index (χ1) is 10.1. The highest BCUT2D eigenvalue weighted by Crippen LogP contribution is 2.21. The molecule has 1 N–H and O–H groups in total. The lowest BCUT2D eigenvalue weighted by Crippen LogP contribution is -2.49. The third-order valence-electron chi connectivity index (χ3n) is 4.29. The molecule has 1 amide bonds. The van der Waals surface area contributed by atoms with E-state index in [1.807, 2.05) is 4.90 Å². The number of carbonyl (C=O) groups excluding carboxylic acids is 1. The summed E-state index contributed by atoms with van der Waals surface area (Å²) in [5.41, 5.74) is 0.546. The standard InChI is InChI=1S/C15H19BrFN3O.ClH/c16-13-9-11(1-2-14(13)17)15(21)20-6-3-12(10-20)19-7-4-18-5-8-19;/h1-2,9,12,18H,3-8,10H2;1H. The van der Waals surface area contributed by atoms with Gasteiger partial charge in [0.15, 0.2) is 0 Å². The molecule has 22 heavy (non-hydrogen) atoms. The maximum atomic E-state index is 13.3. The first-order valence-electron chi connectivity index (χ1n) is 7.34. The number of hydrogen-bond donors (Lipinski definition) is 1. The predicted octanol–water partition coefficient (Wildman–Crippen LogP) is 2.13. The van der Waals surface area contributed by atoms with Crippen molar-refractivity contribution in [3.05, 3.63) is 34.1 Å². The van der Waals surface area contributed by atoms with Gasteiger partial charge in [-0.2, -0.15) is 0 Å². The molecule has 2 fully saturated rings. The van der Waals surface area contributed by atoms with E-state index in [0.29, 0.717) is 16.1 Å². The average Bonchev–Trinajstić information content (AvgIpc) is 3.00. The minimum Gasteiger partial charge on any atom is -0.337 e. The molecule has 2 aliphatic heterocycles. The lowest BCUT2D eigenvalue weighted by molar-refractivity contribution is 0.0773. The molecule has 2 aliphatic rings. The highest BCUT2D eigenvalue weighted by molar-refractivity contribution is 9.10. The van der Waals surface area contributed by atoms with Gasteiger partial charge in [-0.15, -0.1) is 12.4 Å². The molecular formula is C15H20BrClFN3O. The summed E-state index contributed by atoms with van der Waals surface area (Å²) in [5, 5.41) is 3.35. The van der Waals surface area contributed by atoms with Crippen LogP contribution in [0.4, 0.5) is 4.39 Å². The lowest BCUT2D eigenvalue weighted by Gasteiger charge is -2.32. The molecule has 3 rings (SSSR count). The zero-order chi connectivity index (χ0) is 14.8. The van der Waals surface area contributed by atoms with Gasteiger partial charge in [-0.25, -0.2) is 4.39 Å². The van der Waals surface area contributed by atoms with Crippen molar-refractivity contribution >= 4 is 34.2 Å². The quantitative estimate of drug-likeness (QED) is 0.837. The van der Waals surface area contributed by atoms with E-state index in [4.69, 9.17) is 0 Å². The summed E-state index contributed by atoms with van der Waals surface area (Å²) >= 11 is 3.14. The van der Waals surface area contributed by atoms with E-state index in [0.717, 1.165) is 45.7 Å². The minimum atomic E-state index is -0.341. The highest BCUT2D eigenvalue weighted by Gasteiger charge is 2.31. The van der Waals surface area contributed by atoms with Gasteiger partial charge in [0.05, 0.1) is 4.47 Å². The molecule has 1 unspecified atom stereocenters. The Morgan fingerprint density at radius 1 is 1.27 bits per heavy atom. The number of likely N-dealkylation sites (tertiary alicyclic amines) is 1. The third-order valence-corrected chi connectivity index (χ3v) is 4.89. The molecule has 1 atom stereocenters. The lowest BCUT2D eigenvalue weighted by atomic mass is 10.2. The Balaban J connectivity index is 0.00000176. The van der Waals surface area contributed by atoms with Crippen molar-refractivity contribution in [2.24, 2.45) is 0 Å². The molecule has 0 radical (unpaired) electrons. The fourth-order valence-electron chi connectivity index (χ4n) is 3.08. The normalized spacial score (nSPS) is 22.5. The van der Waals surface area contributed by atoms with Crippen molar-refractivity contribution in [1.29, 1.82) is 0 Å². The molecule has 1 aromatic carbocycles. The van der Waals surface area contributed by atoms with Crippen LogP contribution in [0.2, 0.25) is 0 Å². The second kappa shape index (κ2) is 7.73. The van der Waals surface area contributed by atoms with Crippen LogP contribution in [0.5, 0.6) is 0 Å². The number of carbonyl (C=O) groups is 1. The van der Waals surface area contributed by atoms with Crippen LogP contribution < -0.4 is 5.32 Å². The molecule has 0 saturated carbocycles. The highest BCUT2D eigenvalue weighted by atomic mass is 79.9. The Kier molecular flexibility index (Phi) is 6.20. The fraction of sp³-hybridized carbons (Fsp3) is 0.533. The molecule has 0 aromatic heterocycles. The van der Waals surface area contributed by atoms with Gasteiger partial charge in [0, 0.05) is 50.9 Å². The second-order valence-electron chi connectivity index (χ2n) is 5.61. The van der Waals surface area contributed by atoms with Crippen LogP contribution in [0.25, 0.3) is 0 Å². The number of piperazine rings is 1. The predicted molar refractivity (Wildman–Crippen MR) is 90.1 cm³/mol. The SMILES string of the molecule is Cl.O=C(c1ccc(F)c(Br)c1)N1CCC(N2CCNCC2)C1.